The summed E-state index contributed by atoms with van der Waals surface area (Å²) in [5.74, 6) is -3.22. The Labute approximate surface area is 425 Å². The van der Waals surface area contributed by atoms with Crippen LogP contribution < -0.4 is 10.4 Å². The second-order valence-electron chi connectivity index (χ2n) is 20.1. The van der Waals surface area contributed by atoms with Gasteiger partial charge in [-0.2, -0.15) is 0 Å². The molecule has 14 heteroatoms. The lowest BCUT2D eigenvalue weighted by Crippen LogP contribution is -2.76. The van der Waals surface area contributed by atoms with Gasteiger partial charge in [-0.1, -0.05) is 160 Å². The third-order valence-electron chi connectivity index (χ3n) is 14.7. The first-order valence-electron chi connectivity index (χ1n) is 25.2. The first-order valence-corrected chi connectivity index (χ1v) is 27.1. The van der Waals surface area contributed by atoms with Crippen molar-refractivity contribution in [1.82, 2.24) is 0 Å². The van der Waals surface area contributed by atoms with Crippen LogP contribution in [0.25, 0.3) is 0 Å². The van der Waals surface area contributed by atoms with Gasteiger partial charge in [-0.25, -0.2) is 4.79 Å². The van der Waals surface area contributed by atoms with Crippen LogP contribution in [0.3, 0.4) is 0 Å². The van der Waals surface area contributed by atoms with Gasteiger partial charge in [-0.15, -0.1) is 0 Å². The maximum Gasteiger partial charge on any atom is 0.338 e. The molecule has 0 amide bonds. The monoisotopic (exact) mass is 1000 g/mol. The number of rotatable bonds is 18. The van der Waals surface area contributed by atoms with Gasteiger partial charge in [-0.3, -0.25) is 0 Å². The normalized spacial score (nSPS) is 30.7. The summed E-state index contributed by atoms with van der Waals surface area (Å²) in [5, 5.41) is 1.91. The van der Waals surface area contributed by atoms with Crippen LogP contribution in [0.1, 0.15) is 74.9 Å². The molecular weight excluding hydrogens is 933 g/mol. The highest BCUT2D eigenvalue weighted by atomic mass is 28.4. The SMILES string of the molecule is CO[C@H]1O[C@H](CO[Si](c2ccccc2)(c2ccccc2)C(C)(C)C)[C@H]2O[C@@]3(OC)CCCC[C@]3(OC)O[C@@H]2[C@@H]1O[C@@H]1O[C@@H](C)[C@H](OCc2ccccc2)[C@@H](OCc2ccccc2)[C@H]1OC(=O)c1ccccc1. The van der Waals surface area contributed by atoms with Crippen molar-refractivity contribution >= 4 is 24.7 Å². The Morgan fingerprint density at radius 3 is 1.58 bits per heavy atom. The first kappa shape index (κ1) is 52.2. The summed E-state index contributed by atoms with van der Waals surface area (Å²) in [5.41, 5.74) is 2.23. The molecule has 72 heavy (non-hydrogen) atoms. The molecule has 0 unspecified atom stereocenters. The van der Waals surface area contributed by atoms with Gasteiger partial charge in [0, 0.05) is 34.2 Å². The van der Waals surface area contributed by atoms with Crippen molar-refractivity contribution in [2.75, 3.05) is 27.9 Å². The van der Waals surface area contributed by atoms with E-state index >= 15 is 0 Å². The molecule has 5 aromatic rings. The van der Waals surface area contributed by atoms with Gasteiger partial charge in [0.15, 0.2) is 18.7 Å². The largest absolute Gasteiger partial charge is 0.450 e. The van der Waals surface area contributed by atoms with Gasteiger partial charge in [0.25, 0.3) is 8.32 Å². The van der Waals surface area contributed by atoms with Crippen LogP contribution in [-0.4, -0.2) is 115 Å². The van der Waals surface area contributed by atoms with Gasteiger partial charge >= 0.3 is 5.97 Å². The van der Waals surface area contributed by atoms with Crippen molar-refractivity contribution in [3.8, 4) is 0 Å². The fourth-order valence-electron chi connectivity index (χ4n) is 11.1. The predicted molar refractivity (Wildman–Crippen MR) is 272 cm³/mol. The molecule has 4 fully saturated rings. The first-order chi connectivity index (χ1) is 34.9. The molecule has 384 valence electrons. The molecule has 0 N–H and O–H groups in total. The number of ether oxygens (including phenoxy) is 11. The summed E-state index contributed by atoms with van der Waals surface area (Å²) in [6, 6.07) is 49.4. The van der Waals surface area contributed by atoms with Crippen molar-refractivity contribution in [1.29, 1.82) is 0 Å². The summed E-state index contributed by atoms with van der Waals surface area (Å²) in [6.45, 7) is 9.16. The van der Waals surface area contributed by atoms with Gasteiger partial charge in [0.05, 0.1) is 31.5 Å². The molecule has 4 aliphatic rings. The van der Waals surface area contributed by atoms with Crippen molar-refractivity contribution in [3.63, 3.8) is 0 Å². The molecule has 0 spiro atoms. The lowest BCUT2D eigenvalue weighted by molar-refractivity contribution is -0.501. The number of carbonyl (C=O) groups excluding carboxylic acids is 1. The van der Waals surface area contributed by atoms with Gasteiger partial charge < -0.3 is 56.5 Å². The molecule has 0 bridgehead atoms. The van der Waals surface area contributed by atoms with Crippen LogP contribution >= 0.6 is 0 Å². The van der Waals surface area contributed by atoms with Gasteiger partial charge in [0.1, 0.15) is 36.6 Å². The molecule has 12 atom stereocenters. The Morgan fingerprint density at radius 1 is 0.597 bits per heavy atom. The highest BCUT2D eigenvalue weighted by Gasteiger charge is 2.68. The number of fused-ring (bicyclic) bond motifs is 2. The molecule has 1 aliphatic carbocycles. The van der Waals surface area contributed by atoms with Crippen LogP contribution in [0.2, 0.25) is 5.04 Å². The van der Waals surface area contributed by atoms with E-state index in [-0.39, 0.29) is 24.9 Å². The summed E-state index contributed by atoms with van der Waals surface area (Å²) >= 11 is 0. The standard InChI is InChI=1S/C58H70O13Si/c1-40-47(63-37-41-25-13-8-14-26-41)49(64-38-42-27-15-9-16-28-42)51(68-53(59)43-29-17-10-18-30-43)55(66-40)69-52-50-48(70-57(61-6)35-23-24-36-58(57,62-7)71-50)46(67-54(52)60-5)39-65-72(56(2,3)4,44-31-19-11-20-32-44)45-33-21-12-22-34-45/h8-22,25-34,40,46-52,54-55H,23-24,35-39H2,1-7H3/t40-,46+,47-,48+,49+,50-,51+,52-,54-,55-,57-,58-/m0/s1. The molecule has 1 saturated carbocycles. The third kappa shape index (κ3) is 10.5. The van der Waals surface area contributed by atoms with Crippen molar-refractivity contribution in [3.05, 3.63) is 168 Å². The average molecular weight is 1000 g/mol. The lowest BCUT2D eigenvalue weighted by atomic mass is 9.83. The van der Waals surface area contributed by atoms with Crippen LogP contribution in [0, 0.1) is 0 Å². The number of hydrogen-bond acceptors (Lipinski definition) is 13. The van der Waals surface area contributed by atoms with Crippen molar-refractivity contribution < 1.29 is 61.3 Å². The Kier molecular flexibility index (Phi) is 16.6. The van der Waals surface area contributed by atoms with E-state index in [1.54, 1.807) is 45.6 Å². The highest BCUT2D eigenvalue weighted by Crippen LogP contribution is 2.52. The number of hydrogen-bond donors (Lipinski definition) is 0. The topological polar surface area (TPSA) is 128 Å². The van der Waals surface area contributed by atoms with Crippen molar-refractivity contribution in [2.45, 2.75) is 145 Å². The maximum absolute atomic E-state index is 14.3. The average Bonchev–Trinajstić information content (AvgIpc) is 3.41. The molecule has 5 aromatic carbocycles. The molecule has 3 heterocycles. The fourth-order valence-corrected chi connectivity index (χ4v) is 15.7. The Bertz CT molecular complexity index is 2430. The molecule has 3 aliphatic heterocycles. The summed E-state index contributed by atoms with van der Waals surface area (Å²) in [6.07, 6.45) is -6.71. The Morgan fingerprint density at radius 2 is 1.08 bits per heavy atom. The quantitative estimate of drug-likeness (QED) is 0.0616. The van der Waals surface area contributed by atoms with E-state index < -0.39 is 87.3 Å². The van der Waals surface area contributed by atoms with E-state index in [0.29, 0.717) is 18.4 Å². The second-order valence-corrected chi connectivity index (χ2v) is 24.4. The lowest BCUT2D eigenvalue weighted by Gasteiger charge is -2.61. The van der Waals surface area contributed by atoms with E-state index in [0.717, 1.165) is 34.3 Å². The van der Waals surface area contributed by atoms with E-state index in [9.17, 15) is 4.79 Å². The summed E-state index contributed by atoms with van der Waals surface area (Å²) in [4.78, 5) is 14.3. The number of esters is 1. The zero-order chi connectivity index (χ0) is 50.4. The predicted octanol–water partition coefficient (Wildman–Crippen LogP) is 8.50. The van der Waals surface area contributed by atoms with Gasteiger partial charge in [0.2, 0.25) is 11.6 Å². The molecular formula is C58H70O13Si. The number of benzene rings is 5. The summed E-state index contributed by atoms with van der Waals surface area (Å²) < 4.78 is 82.5. The van der Waals surface area contributed by atoms with Gasteiger partial charge in [-0.05, 0) is 58.4 Å². The number of carbonyl (C=O) groups is 1. The molecule has 0 radical (unpaired) electrons. The van der Waals surface area contributed by atoms with Crippen LogP contribution in [0.4, 0.5) is 0 Å². The van der Waals surface area contributed by atoms with Crippen LogP contribution in [-0.2, 0) is 69.7 Å². The van der Waals surface area contributed by atoms with Crippen molar-refractivity contribution in [2.24, 2.45) is 0 Å². The van der Waals surface area contributed by atoms with E-state index in [2.05, 4.69) is 69.3 Å². The molecule has 3 saturated heterocycles. The van der Waals surface area contributed by atoms with E-state index in [1.165, 1.54) is 0 Å². The summed E-state index contributed by atoms with van der Waals surface area (Å²) in [7, 11) is 1.71. The van der Waals surface area contributed by atoms with E-state index in [4.69, 9.17) is 56.5 Å². The minimum atomic E-state index is -3.09. The molecule has 0 aromatic heterocycles. The molecule has 9 rings (SSSR count). The maximum atomic E-state index is 14.3. The zero-order valence-corrected chi connectivity index (χ0v) is 43.5. The minimum absolute atomic E-state index is 0.105. The zero-order valence-electron chi connectivity index (χ0n) is 42.5. The number of methoxy groups -OCH3 is 3. The molecule has 13 nitrogen and oxygen atoms in total. The Balaban J connectivity index is 1.10. The van der Waals surface area contributed by atoms with Crippen LogP contribution in [0.5, 0.6) is 0 Å². The highest BCUT2D eigenvalue weighted by molar-refractivity contribution is 6.99. The second kappa shape index (κ2) is 22.9. The van der Waals surface area contributed by atoms with E-state index in [1.807, 2.05) is 85.8 Å². The Hall–Kier alpha value is -4.65. The fraction of sp³-hybridized carbons (Fsp3) is 0.466. The van der Waals surface area contributed by atoms with Crippen LogP contribution in [0.15, 0.2) is 152 Å². The third-order valence-corrected chi connectivity index (χ3v) is 19.7. The smallest absolute Gasteiger partial charge is 0.338 e. The minimum Gasteiger partial charge on any atom is -0.450 e.